The largest absolute Gasteiger partial charge is 0.271 e. The molecule has 0 bridgehead atoms. The van der Waals surface area contributed by atoms with Crippen molar-refractivity contribution in [1.29, 1.82) is 0 Å². The minimum Gasteiger partial charge on any atom is -0.271 e. The molecule has 1 aliphatic rings. The molecule has 1 aliphatic carbocycles. The van der Waals surface area contributed by atoms with E-state index in [1.807, 2.05) is 0 Å². The fourth-order valence-electron chi connectivity index (χ4n) is 1.94. The Morgan fingerprint density at radius 3 is 2.29 bits per heavy atom. The van der Waals surface area contributed by atoms with E-state index < -0.39 is 0 Å². The minimum absolute atomic E-state index is 0.308. The van der Waals surface area contributed by atoms with Crippen LogP contribution in [0, 0.1) is 12.3 Å². The molecule has 1 saturated carbocycles. The van der Waals surface area contributed by atoms with Crippen LogP contribution in [0.1, 0.15) is 36.9 Å². The first-order chi connectivity index (χ1) is 6.65. The lowest BCUT2D eigenvalue weighted by Gasteiger charge is -2.23. The third-order valence-corrected chi connectivity index (χ3v) is 3.31. The fraction of sp³-hybridized carbons (Fsp3) is 0.500. The highest BCUT2D eigenvalue weighted by Gasteiger charge is 2.44. The van der Waals surface area contributed by atoms with E-state index >= 15 is 0 Å². The molecule has 0 radical (unpaired) electrons. The molecule has 2 nitrogen and oxygen atoms in total. The van der Waals surface area contributed by atoms with Crippen molar-refractivity contribution >= 4 is 0 Å². The fourth-order valence-corrected chi connectivity index (χ4v) is 1.94. The maximum absolute atomic E-state index is 5.62. The number of aryl methyl sites for hydroxylation is 1. The first-order valence-corrected chi connectivity index (χ1v) is 5.18. The summed E-state index contributed by atoms with van der Waals surface area (Å²) in [6.07, 6.45) is 2.55. The number of hydrogen-bond acceptors (Lipinski definition) is 2. The lowest BCUT2D eigenvalue weighted by atomic mass is 9.92. The third kappa shape index (κ3) is 1.68. The van der Waals surface area contributed by atoms with Crippen molar-refractivity contribution in [2.45, 2.75) is 32.7 Å². The molecule has 0 saturated heterocycles. The molecule has 76 valence electrons. The standard InChI is InChI=1S/C12H18N2/c1-9-3-5-10(6-4-9)11(14-13)12(2)7-8-12/h3-6,11,14H,7-8,13H2,1-2H3. The van der Waals surface area contributed by atoms with Gasteiger partial charge in [-0.05, 0) is 30.7 Å². The van der Waals surface area contributed by atoms with Gasteiger partial charge in [-0.15, -0.1) is 0 Å². The highest BCUT2D eigenvalue weighted by atomic mass is 15.2. The number of hydrazine groups is 1. The van der Waals surface area contributed by atoms with Crippen LogP contribution in [0.4, 0.5) is 0 Å². The Morgan fingerprint density at radius 1 is 1.29 bits per heavy atom. The van der Waals surface area contributed by atoms with E-state index in [4.69, 9.17) is 5.84 Å². The second-order valence-electron chi connectivity index (χ2n) is 4.66. The minimum atomic E-state index is 0.308. The molecular weight excluding hydrogens is 172 g/mol. The normalized spacial score (nSPS) is 20.5. The number of benzene rings is 1. The summed E-state index contributed by atoms with van der Waals surface area (Å²) < 4.78 is 0. The maximum Gasteiger partial charge on any atom is 0.0513 e. The molecule has 1 fully saturated rings. The van der Waals surface area contributed by atoms with E-state index in [1.165, 1.54) is 24.0 Å². The molecule has 2 rings (SSSR count). The molecule has 1 aromatic rings. The second-order valence-corrected chi connectivity index (χ2v) is 4.66. The first-order valence-electron chi connectivity index (χ1n) is 5.18. The zero-order valence-electron chi connectivity index (χ0n) is 8.88. The number of rotatable bonds is 3. The summed E-state index contributed by atoms with van der Waals surface area (Å²) in [5.74, 6) is 5.62. The number of hydrogen-bond donors (Lipinski definition) is 2. The summed E-state index contributed by atoms with van der Waals surface area (Å²) in [4.78, 5) is 0. The first kappa shape index (κ1) is 9.69. The van der Waals surface area contributed by atoms with Gasteiger partial charge in [-0.1, -0.05) is 36.8 Å². The molecule has 0 heterocycles. The number of nitrogens with two attached hydrogens (primary N) is 1. The Bertz CT molecular complexity index is 312. The molecule has 1 unspecified atom stereocenters. The molecule has 0 aromatic heterocycles. The van der Waals surface area contributed by atoms with Crippen molar-refractivity contribution in [3.8, 4) is 0 Å². The van der Waals surface area contributed by atoms with Gasteiger partial charge in [-0.2, -0.15) is 0 Å². The Hall–Kier alpha value is -0.860. The zero-order valence-corrected chi connectivity index (χ0v) is 8.88. The maximum atomic E-state index is 5.62. The average molecular weight is 190 g/mol. The monoisotopic (exact) mass is 190 g/mol. The van der Waals surface area contributed by atoms with Crippen LogP contribution in [0.2, 0.25) is 0 Å². The predicted octanol–water partition coefficient (Wildman–Crippen LogP) is 2.30. The summed E-state index contributed by atoms with van der Waals surface area (Å²) >= 11 is 0. The van der Waals surface area contributed by atoms with Crippen LogP contribution in [0.5, 0.6) is 0 Å². The van der Waals surface area contributed by atoms with Crippen molar-refractivity contribution in [2.75, 3.05) is 0 Å². The Labute approximate surface area is 85.5 Å². The summed E-state index contributed by atoms with van der Waals surface area (Å²) in [6.45, 7) is 4.39. The van der Waals surface area contributed by atoms with Gasteiger partial charge >= 0.3 is 0 Å². The van der Waals surface area contributed by atoms with Gasteiger partial charge in [0.25, 0.3) is 0 Å². The van der Waals surface area contributed by atoms with Crippen molar-refractivity contribution in [3.05, 3.63) is 35.4 Å². The van der Waals surface area contributed by atoms with E-state index in [0.717, 1.165) is 0 Å². The quantitative estimate of drug-likeness (QED) is 0.567. The van der Waals surface area contributed by atoms with Crippen LogP contribution < -0.4 is 11.3 Å². The summed E-state index contributed by atoms with van der Waals surface area (Å²) in [7, 11) is 0. The summed E-state index contributed by atoms with van der Waals surface area (Å²) in [6, 6.07) is 8.94. The van der Waals surface area contributed by atoms with Gasteiger partial charge in [0.1, 0.15) is 0 Å². The summed E-state index contributed by atoms with van der Waals surface area (Å²) in [5, 5.41) is 0. The molecule has 0 aliphatic heterocycles. The van der Waals surface area contributed by atoms with Gasteiger partial charge in [0.05, 0.1) is 6.04 Å². The van der Waals surface area contributed by atoms with Gasteiger partial charge in [0.15, 0.2) is 0 Å². The van der Waals surface area contributed by atoms with Gasteiger partial charge in [0, 0.05) is 0 Å². The molecule has 2 heteroatoms. The lowest BCUT2D eigenvalue weighted by Crippen LogP contribution is -2.33. The van der Waals surface area contributed by atoms with Crippen molar-refractivity contribution in [2.24, 2.45) is 11.3 Å². The molecule has 0 amide bonds. The Balaban J connectivity index is 2.23. The highest BCUT2D eigenvalue weighted by Crippen LogP contribution is 2.54. The molecule has 14 heavy (non-hydrogen) atoms. The van der Waals surface area contributed by atoms with Crippen LogP contribution >= 0.6 is 0 Å². The van der Waals surface area contributed by atoms with Crippen LogP contribution in [0.15, 0.2) is 24.3 Å². The topological polar surface area (TPSA) is 38.0 Å². The second kappa shape index (κ2) is 3.37. The van der Waals surface area contributed by atoms with E-state index in [0.29, 0.717) is 11.5 Å². The SMILES string of the molecule is Cc1ccc(C(NN)C2(C)CC2)cc1. The van der Waals surface area contributed by atoms with Crippen molar-refractivity contribution < 1.29 is 0 Å². The zero-order chi connectivity index (χ0) is 10.2. The van der Waals surface area contributed by atoms with Crippen LogP contribution in [-0.4, -0.2) is 0 Å². The van der Waals surface area contributed by atoms with E-state index in [9.17, 15) is 0 Å². The van der Waals surface area contributed by atoms with Crippen molar-refractivity contribution in [1.82, 2.24) is 5.43 Å². The number of nitrogens with one attached hydrogen (secondary N) is 1. The Kier molecular flexibility index (Phi) is 2.33. The van der Waals surface area contributed by atoms with Crippen LogP contribution in [0.3, 0.4) is 0 Å². The summed E-state index contributed by atoms with van der Waals surface area (Å²) in [5.41, 5.74) is 5.92. The van der Waals surface area contributed by atoms with Gasteiger partial charge < -0.3 is 0 Å². The van der Waals surface area contributed by atoms with Crippen LogP contribution in [0.25, 0.3) is 0 Å². The lowest BCUT2D eigenvalue weighted by molar-refractivity contribution is 0.372. The molecular formula is C12H18N2. The smallest absolute Gasteiger partial charge is 0.0513 e. The highest BCUT2D eigenvalue weighted by molar-refractivity contribution is 5.27. The average Bonchev–Trinajstić information content (AvgIpc) is 2.89. The third-order valence-electron chi connectivity index (χ3n) is 3.31. The molecule has 0 spiro atoms. The molecule has 1 aromatic carbocycles. The van der Waals surface area contributed by atoms with Gasteiger partial charge in [-0.25, -0.2) is 0 Å². The van der Waals surface area contributed by atoms with Gasteiger partial charge in [-0.3, -0.25) is 11.3 Å². The van der Waals surface area contributed by atoms with Gasteiger partial charge in [0.2, 0.25) is 0 Å². The van der Waals surface area contributed by atoms with E-state index in [2.05, 4.69) is 43.5 Å². The van der Waals surface area contributed by atoms with Crippen molar-refractivity contribution in [3.63, 3.8) is 0 Å². The van der Waals surface area contributed by atoms with E-state index in [-0.39, 0.29) is 0 Å². The van der Waals surface area contributed by atoms with E-state index in [1.54, 1.807) is 0 Å². The van der Waals surface area contributed by atoms with Crippen LogP contribution in [-0.2, 0) is 0 Å². The predicted molar refractivity (Wildman–Crippen MR) is 58.6 cm³/mol. The molecule has 3 N–H and O–H groups in total. The Morgan fingerprint density at radius 2 is 1.86 bits per heavy atom. The molecule has 1 atom stereocenters.